The highest BCUT2D eigenvalue weighted by Gasteiger charge is 2.30. The van der Waals surface area contributed by atoms with Gasteiger partial charge in [0.1, 0.15) is 5.82 Å². The normalized spacial score (nSPS) is 15.0. The molecule has 36 heavy (non-hydrogen) atoms. The second kappa shape index (κ2) is 8.83. The Labute approximate surface area is 208 Å². The van der Waals surface area contributed by atoms with E-state index in [0.717, 1.165) is 18.9 Å². The SMILES string of the molecule is CC(C)(NC(=O)c1cc2[nH]c3ccccc3c(=O)c2cc1F)c1cccc(S(=O)(=O)N2CCCC2)c1. The first-order valence-electron chi connectivity index (χ1n) is 11.8. The molecule has 0 bridgehead atoms. The fourth-order valence-electron chi connectivity index (χ4n) is 4.67. The van der Waals surface area contributed by atoms with Crippen LogP contribution in [0.1, 0.15) is 42.6 Å². The van der Waals surface area contributed by atoms with E-state index in [0.29, 0.717) is 35.1 Å². The van der Waals surface area contributed by atoms with Crippen molar-refractivity contribution in [3.8, 4) is 0 Å². The molecule has 3 aromatic carbocycles. The van der Waals surface area contributed by atoms with Gasteiger partial charge < -0.3 is 10.3 Å². The first-order chi connectivity index (χ1) is 17.1. The van der Waals surface area contributed by atoms with Crippen molar-refractivity contribution in [1.29, 1.82) is 0 Å². The zero-order valence-electron chi connectivity index (χ0n) is 20.0. The van der Waals surface area contributed by atoms with Crippen LogP contribution in [0, 0.1) is 5.82 Å². The highest BCUT2D eigenvalue weighted by atomic mass is 32.2. The van der Waals surface area contributed by atoms with Crippen molar-refractivity contribution in [3.63, 3.8) is 0 Å². The number of halogens is 1. The zero-order valence-corrected chi connectivity index (χ0v) is 20.8. The van der Waals surface area contributed by atoms with Crippen LogP contribution in [0.2, 0.25) is 0 Å². The number of carbonyl (C=O) groups is 1. The fraction of sp³-hybridized carbons (Fsp3) is 0.259. The maximum atomic E-state index is 15.0. The van der Waals surface area contributed by atoms with E-state index in [1.54, 1.807) is 62.4 Å². The number of aromatic nitrogens is 1. The van der Waals surface area contributed by atoms with Crippen molar-refractivity contribution in [2.45, 2.75) is 37.1 Å². The minimum Gasteiger partial charge on any atom is -0.354 e. The molecule has 1 saturated heterocycles. The Morgan fingerprint density at radius 3 is 2.44 bits per heavy atom. The molecule has 1 aliphatic heterocycles. The molecule has 5 rings (SSSR count). The number of hydrogen-bond acceptors (Lipinski definition) is 4. The van der Waals surface area contributed by atoms with E-state index in [2.05, 4.69) is 10.3 Å². The molecule has 0 unspecified atom stereocenters. The van der Waals surface area contributed by atoms with Crippen LogP contribution >= 0.6 is 0 Å². The summed E-state index contributed by atoms with van der Waals surface area (Å²) in [4.78, 5) is 29.2. The molecule has 9 heteroatoms. The molecule has 1 fully saturated rings. The monoisotopic (exact) mass is 507 g/mol. The Hall–Kier alpha value is -3.56. The van der Waals surface area contributed by atoms with Crippen molar-refractivity contribution in [2.24, 2.45) is 0 Å². The van der Waals surface area contributed by atoms with Crippen molar-refractivity contribution in [2.75, 3.05) is 13.1 Å². The van der Waals surface area contributed by atoms with Gasteiger partial charge in [-0.25, -0.2) is 12.8 Å². The van der Waals surface area contributed by atoms with Gasteiger partial charge in [0, 0.05) is 29.4 Å². The molecule has 186 valence electrons. The molecule has 0 aliphatic carbocycles. The second-order valence-corrected chi connectivity index (χ2v) is 11.5. The Bertz CT molecular complexity index is 1670. The van der Waals surface area contributed by atoms with E-state index < -0.39 is 27.3 Å². The maximum absolute atomic E-state index is 15.0. The summed E-state index contributed by atoms with van der Waals surface area (Å²) in [6, 6.07) is 15.8. The van der Waals surface area contributed by atoms with E-state index in [-0.39, 0.29) is 21.3 Å². The summed E-state index contributed by atoms with van der Waals surface area (Å²) in [5.41, 5.74) is -0.0436. The number of para-hydroxylation sites is 1. The molecule has 2 heterocycles. The number of pyridine rings is 1. The summed E-state index contributed by atoms with van der Waals surface area (Å²) < 4.78 is 42.5. The number of sulfonamides is 1. The highest BCUT2D eigenvalue weighted by Crippen LogP contribution is 2.27. The Morgan fingerprint density at radius 2 is 1.69 bits per heavy atom. The molecule has 1 aromatic heterocycles. The van der Waals surface area contributed by atoms with Crippen molar-refractivity contribution in [1.82, 2.24) is 14.6 Å². The molecule has 4 aromatic rings. The van der Waals surface area contributed by atoms with E-state index in [9.17, 15) is 18.0 Å². The van der Waals surface area contributed by atoms with Crippen LogP contribution in [0.25, 0.3) is 21.8 Å². The van der Waals surface area contributed by atoms with Gasteiger partial charge in [0.05, 0.1) is 21.5 Å². The first kappa shape index (κ1) is 24.1. The van der Waals surface area contributed by atoms with Gasteiger partial charge in [-0.15, -0.1) is 0 Å². The summed E-state index contributed by atoms with van der Waals surface area (Å²) in [7, 11) is -3.63. The van der Waals surface area contributed by atoms with Crippen LogP contribution in [-0.2, 0) is 15.6 Å². The lowest BCUT2D eigenvalue weighted by atomic mass is 9.93. The number of H-pyrrole nitrogens is 1. The molecule has 0 radical (unpaired) electrons. The third kappa shape index (κ3) is 4.18. The summed E-state index contributed by atoms with van der Waals surface area (Å²) in [6.45, 7) is 4.43. The number of carbonyl (C=O) groups excluding carboxylic acids is 1. The summed E-state index contributed by atoms with van der Waals surface area (Å²) in [6.07, 6.45) is 1.66. The summed E-state index contributed by atoms with van der Waals surface area (Å²) >= 11 is 0. The standard InChI is InChI=1S/C27H26FN3O4S/c1-27(2,17-8-7-9-18(14-17)36(34,35)31-12-5-6-13-31)30-26(33)20-16-24-21(15-22(20)28)25(32)19-10-3-4-11-23(19)29-24/h3-4,7-11,14-16H,5-6,12-13H2,1-2H3,(H,29,32)(H,30,33). The van der Waals surface area contributed by atoms with Crippen molar-refractivity contribution in [3.05, 3.63) is 87.8 Å². The molecular weight excluding hydrogens is 481 g/mol. The second-order valence-electron chi connectivity index (χ2n) is 9.60. The van der Waals surface area contributed by atoms with Gasteiger partial charge >= 0.3 is 0 Å². The minimum absolute atomic E-state index is 0.154. The van der Waals surface area contributed by atoms with Crippen LogP contribution in [-0.4, -0.2) is 36.7 Å². The molecule has 0 atom stereocenters. The van der Waals surface area contributed by atoms with E-state index in [1.807, 2.05) is 0 Å². The van der Waals surface area contributed by atoms with Crippen LogP contribution in [0.4, 0.5) is 4.39 Å². The largest absolute Gasteiger partial charge is 0.354 e. The van der Waals surface area contributed by atoms with Crippen molar-refractivity contribution >= 4 is 37.7 Å². The number of aromatic amines is 1. The van der Waals surface area contributed by atoms with Crippen LogP contribution < -0.4 is 10.7 Å². The van der Waals surface area contributed by atoms with Crippen LogP contribution in [0.15, 0.2) is 70.4 Å². The Morgan fingerprint density at radius 1 is 0.972 bits per heavy atom. The number of hydrogen-bond donors (Lipinski definition) is 2. The van der Waals surface area contributed by atoms with Gasteiger partial charge in [-0.2, -0.15) is 4.31 Å². The predicted molar refractivity (Wildman–Crippen MR) is 137 cm³/mol. The van der Waals surface area contributed by atoms with Crippen LogP contribution in [0.3, 0.4) is 0 Å². The fourth-order valence-corrected chi connectivity index (χ4v) is 6.23. The van der Waals surface area contributed by atoms with Crippen LogP contribution in [0.5, 0.6) is 0 Å². The third-order valence-electron chi connectivity index (χ3n) is 6.72. The van der Waals surface area contributed by atoms with Crippen molar-refractivity contribution < 1.29 is 17.6 Å². The first-order valence-corrected chi connectivity index (χ1v) is 13.2. The Kier molecular flexibility index (Phi) is 5.92. The number of fused-ring (bicyclic) bond motifs is 2. The number of rotatable bonds is 5. The van der Waals surface area contributed by atoms with Gasteiger partial charge in [-0.05, 0) is 68.7 Å². The molecule has 0 saturated carbocycles. The predicted octanol–water partition coefficient (Wildman–Crippen LogP) is 4.27. The number of nitrogens with one attached hydrogen (secondary N) is 2. The molecular formula is C27H26FN3O4S. The maximum Gasteiger partial charge on any atom is 0.255 e. The average molecular weight is 508 g/mol. The third-order valence-corrected chi connectivity index (χ3v) is 8.62. The molecule has 2 N–H and O–H groups in total. The Balaban J connectivity index is 1.48. The molecule has 0 spiro atoms. The quantitative estimate of drug-likeness (QED) is 0.394. The van der Waals surface area contributed by atoms with Gasteiger partial charge in [0.15, 0.2) is 5.43 Å². The minimum atomic E-state index is -3.63. The zero-order chi connectivity index (χ0) is 25.7. The number of nitrogens with zero attached hydrogens (tertiary/aromatic N) is 1. The number of benzene rings is 3. The lowest BCUT2D eigenvalue weighted by molar-refractivity contribution is 0.0908. The average Bonchev–Trinajstić information content (AvgIpc) is 3.40. The summed E-state index contributed by atoms with van der Waals surface area (Å²) in [5.74, 6) is -1.50. The molecule has 1 amide bonds. The van der Waals surface area contributed by atoms with E-state index >= 15 is 4.39 Å². The molecule has 7 nitrogen and oxygen atoms in total. The smallest absolute Gasteiger partial charge is 0.255 e. The summed E-state index contributed by atoms with van der Waals surface area (Å²) in [5, 5.41) is 3.41. The number of amides is 1. The van der Waals surface area contributed by atoms with Gasteiger partial charge in [-0.1, -0.05) is 24.3 Å². The van der Waals surface area contributed by atoms with Gasteiger partial charge in [0.2, 0.25) is 10.0 Å². The lowest BCUT2D eigenvalue weighted by Gasteiger charge is -2.28. The van der Waals surface area contributed by atoms with E-state index in [1.165, 1.54) is 10.4 Å². The highest BCUT2D eigenvalue weighted by molar-refractivity contribution is 7.89. The van der Waals surface area contributed by atoms with Gasteiger partial charge in [-0.3, -0.25) is 9.59 Å². The lowest BCUT2D eigenvalue weighted by Crippen LogP contribution is -2.41. The van der Waals surface area contributed by atoms with Gasteiger partial charge in [0.25, 0.3) is 5.91 Å². The van der Waals surface area contributed by atoms with E-state index in [4.69, 9.17) is 0 Å². The molecule has 1 aliphatic rings. The topological polar surface area (TPSA) is 99.3 Å².